The number of halogens is 2. The Balaban J connectivity index is 2.14. The number of hydrogen-bond donors (Lipinski definition) is 2. The molecule has 2 aromatic carbocycles. The lowest BCUT2D eigenvalue weighted by Crippen LogP contribution is -2.46. The molecule has 0 unspecified atom stereocenters. The second-order valence-electron chi connectivity index (χ2n) is 5.08. The molecule has 0 aliphatic rings. The summed E-state index contributed by atoms with van der Waals surface area (Å²) < 4.78 is 31.9. The van der Waals surface area contributed by atoms with Crippen molar-refractivity contribution in [2.45, 2.75) is 12.5 Å². The fourth-order valence-corrected chi connectivity index (χ4v) is 2.14. The summed E-state index contributed by atoms with van der Waals surface area (Å²) >= 11 is 0. The van der Waals surface area contributed by atoms with Crippen LogP contribution in [0.15, 0.2) is 42.5 Å². The van der Waals surface area contributed by atoms with Gasteiger partial charge in [0.1, 0.15) is 11.8 Å². The third-order valence-corrected chi connectivity index (χ3v) is 3.44. The van der Waals surface area contributed by atoms with Crippen molar-refractivity contribution >= 4 is 11.8 Å². The monoisotopic (exact) mass is 334 g/mol. The molecule has 0 heterocycles. The molecule has 0 aliphatic heterocycles. The van der Waals surface area contributed by atoms with E-state index in [4.69, 9.17) is 10.5 Å². The quantitative estimate of drug-likeness (QED) is 0.845. The van der Waals surface area contributed by atoms with Crippen LogP contribution < -0.4 is 15.8 Å². The summed E-state index contributed by atoms with van der Waals surface area (Å²) in [5.41, 5.74) is 5.52. The van der Waals surface area contributed by atoms with Crippen LogP contribution in [0.3, 0.4) is 0 Å². The number of nitrogens with one attached hydrogen (secondary N) is 1. The van der Waals surface area contributed by atoms with Gasteiger partial charge in [-0.2, -0.15) is 0 Å². The molecule has 0 aliphatic carbocycles. The number of carbonyl (C=O) groups excluding carboxylic acids is 2. The van der Waals surface area contributed by atoms with Crippen LogP contribution >= 0.6 is 0 Å². The molecule has 126 valence electrons. The van der Waals surface area contributed by atoms with Crippen LogP contribution in [0.25, 0.3) is 0 Å². The van der Waals surface area contributed by atoms with Crippen LogP contribution in [0, 0.1) is 11.6 Å². The Morgan fingerprint density at radius 1 is 1.17 bits per heavy atom. The minimum atomic E-state index is -1.28. The van der Waals surface area contributed by atoms with Crippen LogP contribution in [-0.2, 0) is 11.2 Å². The molecular weight excluding hydrogens is 318 g/mol. The lowest BCUT2D eigenvalue weighted by atomic mass is 10.0. The highest BCUT2D eigenvalue weighted by atomic mass is 19.2. The third kappa shape index (κ3) is 4.07. The topological polar surface area (TPSA) is 81.4 Å². The van der Waals surface area contributed by atoms with E-state index in [1.165, 1.54) is 13.2 Å². The van der Waals surface area contributed by atoms with E-state index in [-0.39, 0.29) is 6.42 Å². The molecule has 24 heavy (non-hydrogen) atoms. The normalized spacial score (nSPS) is 11.6. The van der Waals surface area contributed by atoms with Crippen molar-refractivity contribution in [1.82, 2.24) is 5.32 Å². The van der Waals surface area contributed by atoms with Gasteiger partial charge >= 0.3 is 0 Å². The number of amides is 2. The molecule has 3 N–H and O–H groups in total. The summed E-state index contributed by atoms with van der Waals surface area (Å²) in [5, 5.41) is 2.33. The molecule has 2 aromatic rings. The second-order valence-corrected chi connectivity index (χ2v) is 5.08. The van der Waals surface area contributed by atoms with Gasteiger partial charge in [0.2, 0.25) is 5.91 Å². The Labute approximate surface area is 137 Å². The van der Waals surface area contributed by atoms with Crippen molar-refractivity contribution in [3.05, 3.63) is 65.2 Å². The number of primary amides is 1. The molecule has 2 amide bonds. The molecule has 0 spiro atoms. The van der Waals surface area contributed by atoms with E-state index in [0.717, 1.165) is 17.7 Å². The molecule has 0 bridgehead atoms. The first-order valence-corrected chi connectivity index (χ1v) is 7.09. The SMILES string of the molecule is COc1ccc(C[C@@H](NC(=O)c2cccc(F)c2F)C(N)=O)cc1. The summed E-state index contributed by atoms with van der Waals surface area (Å²) in [6, 6.07) is 8.98. The zero-order valence-corrected chi connectivity index (χ0v) is 12.9. The van der Waals surface area contributed by atoms with E-state index in [1.54, 1.807) is 24.3 Å². The zero-order chi connectivity index (χ0) is 17.7. The first kappa shape index (κ1) is 17.4. The molecule has 1 atom stereocenters. The summed E-state index contributed by atoms with van der Waals surface area (Å²) in [4.78, 5) is 23.6. The lowest BCUT2D eigenvalue weighted by Gasteiger charge is -2.16. The van der Waals surface area contributed by atoms with Crippen molar-refractivity contribution in [3.63, 3.8) is 0 Å². The minimum Gasteiger partial charge on any atom is -0.497 e. The van der Waals surface area contributed by atoms with Crippen LogP contribution in [-0.4, -0.2) is 25.0 Å². The first-order valence-electron chi connectivity index (χ1n) is 7.09. The third-order valence-electron chi connectivity index (χ3n) is 3.44. The van der Waals surface area contributed by atoms with Gasteiger partial charge in [0, 0.05) is 6.42 Å². The summed E-state index contributed by atoms with van der Waals surface area (Å²) in [6.07, 6.45) is 0.113. The predicted octanol–water partition coefficient (Wildman–Crippen LogP) is 1.80. The molecule has 0 saturated carbocycles. The van der Waals surface area contributed by atoms with Crippen molar-refractivity contribution in [1.29, 1.82) is 0 Å². The van der Waals surface area contributed by atoms with E-state index in [1.807, 2.05) is 0 Å². The maximum absolute atomic E-state index is 13.6. The summed E-state index contributed by atoms with van der Waals surface area (Å²) in [5.74, 6) is -3.48. The van der Waals surface area contributed by atoms with E-state index < -0.39 is 35.1 Å². The fraction of sp³-hybridized carbons (Fsp3) is 0.176. The van der Waals surface area contributed by atoms with Crippen molar-refractivity contribution < 1.29 is 23.1 Å². The average Bonchev–Trinajstić information content (AvgIpc) is 2.57. The Hall–Kier alpha value is -2.96. The van der Waals surface area contributed by atoms with Crippen molar-refractivity contribution in [2.75, 3.05) is 7.11 Å². The van der Waals surface area contributed by atoms with Crippen LogP contribution in [0.5, 0.6) is 5.75 Å². The Morgan fingerprint density at radius 3 is 2.42 bits per heavy atom. The molecule has 7 heteroatoms. The number of ether oxygens (including phenoxy) is 1. The second kappa shape index (κ2) is 7.54. The first-order chi connectivity index (χ1) is 11.4. The van der Waals surface area contributed by atoms with E-state index >= 15 is 0 Å². The van der Waals surface area contributed by atoms with Gasteiger partial charge in [0.25, 0.3) is 5.91 Å². The van der Waals surface area contributed by atoms with E-state index in [9.17, 15) is 18.4 Å². The standard InChI is InChI=1S/C17H16F2N2O3/c1-24-11-7-5-10(6-8-11)9-14(16(20)22)21-17(23)12-3-2-4-13(18)15(12)19/h2-8,14H,9H2,1H3,(H2,20,22)(H,21,23)/t14-/m1/s1. The highest BCUT2D eigenvalue weighted by Gasteiger charge is 2.22. The number of benzene rings is 2. The number of hydrogen-bond acceptors (Lipinski definition) is 3. The number of methoxy groups -OCH3 is 1. The smallest absolute Gasteiger partial charge is 0.255 e. The van der Waals surface area contributed by atoms with Crippen LogP contribution in [0.1, 0.15) is 15.9 Å². The minimum absolute atomic E-state index is 0.113. The zero-order valence-electron chi connectivity index (χ0n) is 12.9. The number of nitrogens with two attached hydrogens (primary N) is 1. The van der Waals surface area contributed by atoms with Crippen molar-refractivity contribution in [3.8, 4) is 5.75 Å². The molecule has 0 aromatic heterocycles. The van der Waals surface area contributed by atoms with Gasteiger partial charge < -0.3 is 15.8 Å². The van der Waals surface area contributed by atoms with Gasteiger partial charge in [0.15, 0.2) is 11.6 Å². The van der Waals surface area contributed by atoms with Crippen LogP contribution in [0.4, 0.5) is 8.78 Å². The van der Waals surface area contributed by atoms with E-state index in [2.05, 4.69) is 5.32 Å². The van der Waals surface area contributed by atoms with Gasteiger partial charge in [-0.05, 0) is 29.8 Å². The van der Waals surface area contributed by atoms with Gasteiger partial charge in [0.05, 0.1) is 12.7 Å². The number of rotatable bonds is 6. The van der Waals surface area contributed by atoms with E-state index in [0.29, 0.717) is 5.75 Å². The Kier molecular flexibility index (Phi) is 5.47. The van der Waals surface area contributed by atoms with Gasteiger partial charge in [-0.15, -0.1) is 0 Å². The van der Waals surface area contributed by atoms with Gasteiger partial charge in [-0.25, -0.2) is 8.78 Å². The molecule has 5 nitrogen and oxygen atoms in total. The highest BCUT2D eigenvalue weighted by molar-refractivity contribution is 5.97. The molecule has 0 radical (unpaired) electrons. The average molecular weight is 334 g/mol. The Bertz CT molecular complexity index is 748. The molecule has 2 rings (SSSR count). The number of carbonyl (C=O) groups is 2. The Morgan fingerprint density at radius 2 is 1.83 bits per heavy atom. The van der Waals surface area contributed by atoms with Gasteiger partial charge in [-0.1, -0.05) is 18.2 Å². The van der Waals surface area contributed by atoms with Gasteiger partial charge in [-0.3, -0.25) is 9.59 Å². The molecule has 0 saturated heterocycles. The summed E-state index contributed by atoms with van der Waals surface area (Å²) in [7, 11) is 1.52. The highest BCUT2D eigenvalue weighted by Crippen LogP contribution is 2.14. The fourth-order valence-electron chi connectivity index (χ4n) is 2.14. The lowest BCUT2D eigenvalue weighted by molar-refractivity contribution is -0.119. The molecule has 0 fully saturated rings. The summed E-state index contributed by atoms with van der Waals surface area (Å²) in [6.45, 7) is 0. The largest absolute Gasteiger partial charge is 0.497 e. The molecular formula is C17H16F2N2O3. The maximum atomic E-state index is 13.6. The van der Waals surface area contributed by atoms with Crippen molar-refractivity contribution in [2.24, 2.45) is 5.73 Å². The maximum Gasteiger partial charge on any atom is 0.255 e. The predicted molar refractivity (Wildman–Crippen MR) is 83.5 cm³/mol. The van der Waals surface area contributed by atoms with Crippen LogP contribution in [0.2, 0.25) is 0 Å².